The predicted octanol–water partition coefficient (Wildman–Crippen LogP) is 3.63. The molecule has 2 nitrogen and oxygen atoms in total. The average Bonchev–Trinajstić information content (AvgIpc) is 2.78. The van der Waals surface area contributed by atoms with Crippen LogP contribution in [0, 0.1) is 11.6 Å². The molecule has 2 unspecified atom stereocenters. The van der Waals surface area contributed by atoms with Crippen LogP contribution in [0.4, 0.5) is 20.2 Å². The van der Waals surface area contributed by atoms with Gasteiger partial charge in [-0.3, -0.25) is 0 Å². The van der Waals surface area contributed by atoms with E-state index in [1.54, 1.807) is 0 Å². The molecule has 0 aromatic heterocycles. The number of hydrogen-bond donors (Lipinski definition) is 2. The lowest BCUT2D eigenvalue weighted by atomic mass is 10.2. The van der Waals surface area contributed by atoms with E-state index in [0.717, 1.165) is 31.1 Å². The van der Waals surface area contributed by atoms with E-state index in [9.17, 15) is 8.78 Å². The van der Waals surface area contributed by atoms with Crippen molar-refractivity contribution in [2.45, 2.75) is 37.5 Å². The van der Waals surface area contributed by atoms with E-state index in [1.807, 2.05) is 11.8 Å². The zero-order valence-electron chi connectivity index (χ0n) is 10.4. The van der Waals surface area contributed by atoms with E-state index < -0.39 is 11.6 Å². The molecule has 1 aromatic rings. The molecule has 5 heteroatoms. The highest BCUT2D eigenvalue weighted by Crippen LogP contribution is 2.33. The third kappa shape index (κ3) is 2.88. The Bertz CT molecular complexity index is 426. The van der Waals surface area contributed by atoms with Crippen molar-refractivity contribution in [3.05, 3.63) is 23.8 Å². The third-order valence-electron chi connectivity index (χ3n) is 3.26. The van der Waals surface area contributed by atoms with E-state index in [0.29, 0.717) is 5.25 Å². The molecular formula is C13H18F2N2S. The number of benzene rings is 1. The van der Waals surface area contributed by atoms with Crippen LogP contribution in [-0.2, 0) is 0 Å². The van der Waals surface area contributed by atoms with Gasteiger partial charge < -0.3 is 11.1 Å². The summed E-state index contributed by atoms with van der Waals surface area (Å²) in [6, 6.07) is 2.64. The van der Waals surface area contributed by atoms with Crippen LogP contribution in [0.25, 0.3) is 0 Å². The fourth-order valence-electron chi connectivity index (χ4n) is 2.37. The summed E-state index contributed by atoms with van der Waals surface area (Å²) in [4.78, 5) is 0. The van der Waals surface area contributed by atoms with E-state index in [1.165, 1.54) is 6.07 Å². The molecule has 18 heavy (non-hydrogen) atoms. The lowest BCUT2D eigenvalue weighted by molar-refractivity contribution is 0.510. The van der Waals surface area contributed by atoms with Crippen LogP contribution in [0.3, 0.4) is 0 Å². The Morgan fingerprint density at radius 3 is 2.89 bits per heavy atom. The van der Waals surface area contributed by atoms with Gasteiger partial charge in [-0.1, -0.05) is 6.92 Å². The maximum absolute atomic E-state index is 13.6. The second kappa shape index (κ2) is 5.78. The number of hydrogen-bond acceptors (Lipinski definition) is 3. The van der Waals surface area contributed by atoms with Crippen molar-refractivity contribution < 1.29 is 8.78 Å². The van der Waals surface area contributed by atoms with Crippen LogP contribution in [0.5, 0.6) is 0 Å². The summed E-state index contributed by atoms with van der Waals surface area (Å²) in [6.45, 7) is 2.13. The number of nitrogens with two attached hydrogens (primary N) is 1. The topological polar surface area (TPSA) is 38.0 Å². The van der Waals surface area contributed by atoms with Crippen molar-refractivity contribution in [3.8, 4) is 0 Å². The number of thioether (sulfide) groups is 1. The number of rotatable bonds is 4. The highest BCUT2D eigenvalue weighted by atomic mass is 32.2. The molecule has 1 fully saturated rings. The number of anilines is 2. The molecule has 100 valence electrons. The van der Waals surface area contributed by atoms with Crippen molar-refractivity contribution in [2.24, 2.45) is 0 Å². The monoisotopic (exact) mass is 272 g/mol. The molecule has 0 spiro atoms. The summed E-state index contributed by atoms with van der Waals surface area (Å²) >= 11 is 1.93. The fraction of sp³-hybridized carbons (Fsp3) is 0.538. The van der Waals surface area contributed by atoms with E-state index in [-0.39, 0.29) is 17.4 Å². The lowest BCUT2D eigenvalue weighted by Gasteiger charge is -2.17. The zero-order chi connectivity index (χ0) is 13.1. The molecule has 2 atom stereocenters. The van der Waals surface area contributed by atoms with Crippen LogP contribution in [0.2, 0.25) is 0 Å². The molecule has 0 bridgehead atoms. The van der Waals surface area contributed by atoms with Gasteiger partial charge in [-0.15, -0.1) is 0 Å². The van der Waals surface area contributed by atoms with Gasteiger partial charge in [0.15, 0.2) is 11.6 Å². The highest BCUT2D eigenvalue weighted by molar-refractivity contribution is 7.99. The molecule has 1 aromatic carbocycles. The van der Waals surface area contributed by atoms with Crippen LogP contribution in [-0.4, -0.2) is 17.0 Å². The number of halogens is 2. The lowest BCUT2D eigenvalue weighted by Crippen LogP contribution is -2.18. The Kier molecular flexibility index (Phi) is 4.32. The molecule has 3 N–H and O–H groups in total. The van der Waals surface area contributed by atoms with Gasteiger partial charge in [0.1, 0.15) is 0 Å². The highest BCUT2D eigenvalue weighted by Gasteiger charge is 2.26. The maximum atomic E-state index is 13.6. The van der Waals surface area contributed by atoms with Gasteiger partial charge in [-0.2, -0.15) is 11.8 Å². The van der Waals surface area contributed by atoms with Crippen LogP contribution in [0.15, 0.2) is 12.1 Å². The van der Waals surface area contributed by atoms with Gasteiger partial charge in [0, 0.05) is 11.3 Å². The van der Waals surface area contributed by atoms with Gasteiger partial charge >= 0.3 is 0 Å². The zero-order valence-corrected chi connectivity index (χ0v) is 11.2. The molecule has 0 heterocycles. The predicted molar refractivity (Wildman–Crippen MR) is 74.0 cm³/mol. The van der Waals surface area contributed by atoms with Crippen molar-refractivity contribution in [1.82, 2.24) is 0 Å². The second-order valence-corrected chi connectivity index (χ2v) is 6.13. The first-order chi connectivity index (χ1) is 8.61. The van der Waals surface area contributed by atoms with Crippen molar-refractivity contribution >= 4 is 23.1 Å². The summed E-state index contributed by atoms with van der Waals surface area (Å²) in [5, 5.41) is 3.67. The van der Waals surface area contributed by atoms with Crippen LogP contribution in [0.1, 0.15) is 26.2 Å². The van der Waals surface area contributed by atoms with Gasteiger partial charge in [0.05, 0.1) is 11.4 Å². The molecule has 0 radical (unpaired) electrons. The first-order valence-electron chi connectivity index (χ1n) is 6.23. The Morgan fingerprint density at radius 2 is 2.17 bits per heavy atom. The van der Waals surface area contributed by atoms with Crippen molar-refractivity contribution in [2.75, 3.05) is 16.8 Å². The van der Waals surface area contributed by atoms with Crippen molar-refractivity contribution in [1.29, 1.82) is 0 Å². The smallest absolute Gasteiger partial charge is 0.183 e. The first-order valence-corrected chi connectivity index (χ1v) is 7.28. The standard InChI is InChI=1S/C13H18F2N2S/c1-2-18-9-4-3-8(7-9)17-13-11(16)6-5-10(14)12(13)15/h5-6,8-9,17H,2-4,7,16H2,1H3. The summed E-state index contributed by atoms with van der Waals surface area (Å²) < 4.78 is 26.8. The van der Waals surface area contributed by atoms with Gasteiger partial charge in [-0.25, -0.2) is 8.78 Å². The summed E-state index contributed by atoms with van der Waals surface area (Å²) in [7, 11) is 0. The van der Waals surface area contributed by atoms with Gasteiger partial charge in [0.25, 0.3) is 0 Å². The SMILES string of the molecule is CCSC1CCC(Nc2c(N)ccc(F)c2F)C1. The van der Waals surface area contributed by atoms with E-state index in [2.05, 4.69) is 12.2 Å². The third-order valence-corrected chi connectivity index (χ3v) is 4.50. The Labute approximate surface area is 110 Å². The minimum Gasteiger partial charge on any atom is -0.397 e. The Balaban J connectivity index is 2.04. The molecule has 2 rings (SSSR count). The Hall–Kier alpha value is -0.970. The molecule has 0 saturated heterocycles. The number of nitrogens with one attached hydrogen (secondary N) is 1. The van der Waals surface area contributed by atoms with Gasteiger partial charge in [-0.05, 0) is 37.1 Å². The Morgan fingerprint density at radius 1 is 1.39 bits per heavy atom. The molecule has 1 aliphatic carbocycles. The fourth-order valence-corrected chi connectivity index (χ4v) is 3.52. The first kappa shape index (κ1) is 13.5. The molecule has 0 amide bonds. The molecule has 1 aliphatic rings. The molecule has 1 saturated carbocycles. The van der Waals surface area contributed by atoms with Gasteiger partial charge in [0.2, 0.25) is 0 Å². The average molecular weight is 272 g/mol. The van der Waals surface area contributed by atoms with E-state index >= 15 is 0 Å². The van der Waals surface area contributed by atoms with Crippen molar-refractivity contribution in [3.63, 3.8) is 0 Å². The minimum absolute atomic E-state index is 0.113. The molecule has 0 aliphatic heterocycles. The summed E-state index contributed by atoms with van der Waals surface area (Å²) in [5.41, 5.74) is 6.06. The molecular weight excluding hydrogens is 254 g/mol. The summed E-state index contributed by atoms with van der Waals surface area (Å²) in [5.74, 6) is -0.640. The van der Waals surface area contributed by atoms with Crippen LogP contribution < -0.4 is 11.1 Å². The maximum Gasteiger partial charge on any atom is 0.183 e. The quantitative estimate of drug-likeness (QED) is 0.822. The second-order valence-electron chi connectivity index (χ2n) is 4.56. The normalized spacial score (nSPS) is 23.3. The van der Waals surface area contributed by atoms with Crippen LogP contribution >= 0.6 is 11.8 Å². The summed E-state index contributed by atoms with van der Waals surface area (Å²) in [6.07, 6.45) is 3.08. The number of nitrogen functional groups attached to an aromatic ring is 1. The minimum atomic E-state index is -0.874. The largest absolute Gasteiger partial charge is 0.397 e. The van der Waals surface area contributed by atoms with E-state index in [4.69, 9.17) is 5.73 Å².